The predicted octanol–water partition coefficient (Wildman–Crippen LogP) is 1.53. The van der Waals surface area contributed by atoms with Gasteiger partial charge < -0.3 is 25.3 Å². The van der Waals surface area contributed by atoms with Crippen molar-refractivity contribution in [3.8, 4) is 0 Å². The first-order valence-corrected chi connectivity index (χ1v) is 10.9. The molecule has 0 unspecified atom stereocenters. The zero-order chi connectivity index (χ0) is 20.1. The maximum Gasteiger partial charge on any atom is 0.248 e. The molecule has 0 aromatic rings. The molecular weight excluding hydrogens is 362 g/mol. The van der Waals surface area contributed by atoms with Gasteiger partial charge in [0, 0.05) is 25.8 Å². The molecule has 1 fully saturated rings. The van der Waals surface area contributed by atoms with Crippen LogP contribution in [0.1, 0.15) is 57.8 Å². The monoisotopic (exact) mass is 403 g/mol. The first-order chi connectivity index (χ1) is 13.8. The summed E-state index contributed by atoms with van der Waals surface area (Å²) in [4.78, 5) is 17.1. The molecule has 1 rings (SSSR count). The van der Waals surface area contributed by atoms with Gasteiger partial charge in [-0.25, -0.2) is 0 Å². The maximum atomic E-state index is 11.8. The molecule has 0 bridgehead atoms. The van der Waals surface area contributed by atoms with E-state index in [4.69, 9.17) is 24.8 Å². The van der Waals surface area contributed by atoms with Crippen molar-refractivity contribution >= 4 is 5.91 Å². The molecule has 0 saturated heterocycles. The minimum absolute atomic E-state index is 0.0541. The zero-order valence-corrected chi connectivity index (χ0v) is 17.4. The van der Waals surface area contributed by atoms with Gasteiger partial charge in [-0.2, -0.15) is 5.48 Å². The number of amides is 1. The molecule has 0 aliphatic heterocycles. The Hall–Kier alpha value is -0.770. The van der Waals surface area contributed by atoms with Crippen molar-refractivity contribution in [2.75, 3.05) is 59.3 Å². The summed E-state index contributed by atoms with van der Waals surface area (Å²) in [5, 5.41) is 2.84. The van der Waals surface area contributed by atoms with Crippen LogP contribution >= 0.6 is 0 Å². The molecule has 28 heavy (non-hydrogen) atoms. The number of hydrogen-bond donors (Lipinski definition) is 3. The predicted molar refractivity (Wildman–Crippen MR) is 109 cm³/mol. The van der Waals surface area contributed by atoms with Crippen LogP contribution in [-0.2, 0) is 23.8 Å². The van der Waals surface area contributed by atoms with Gasteiger partial charge in [0.05, 0.1) is 26.4 Å². The van der Waals surface area contributed by atoms with Crippen molar-refractivity contribution in [1.29, 1.82) is 0 Å². The van der Waals surface area contributed by atoms with Crippen LogP contribution in [-0.4, -0.2) is 71.3 Å². The van der Waals surface area contributed by atoms with Crippen LogP contribution in [0.15, 0.2) is 0 Å². The van der Waals surface area contributed by atoms with Crippen LogP contribution in [0.4, 0.5) is 0 Å². The Labute approximate surface area is 170 Å². The maximum absolute atomic E-state index is 11.8. The van der Waals surface area contributed by atoms with E-state index in [0.717, 1.165) is 25.7 Å². The summed E-state index contributed by atoms with van der Waals surface area (Å²) in [5.74, 6) is -0.101. The fourth-order valence-electron chi connectivity index (χ4n) is 2.98. The van der Waals surface area contributed by atoms with Crippen molar-refractivity contribution in [3.63, 3.8) is 0 Å². The van der Waals surface area contributed by atoms with E-state index in [1.807, 2.05) is 0 Å². The third kappa shape index (κ3) is 16.2. The molecular formula is C20H41N3O5. The topological polar surface area (TPSA) is 104 Å². The molecule has 0 aromatic carbocycles. The Morgan fingerprint density at radius 1 is 0.821 bits per heavy atom. The average Bonchev–Trinajstić information content (AvgIpc) is 2.67. The van der Waals surface area contributed by atoms with E-state index in [-0.39, 0.29) is 12.5 Å². The summed E-state index contributed by atoms with van der Waals surface area (Å²) in [6, 6.07) is 0.376. The summed E-state index contributed by atoms with van der Waals surface area (Å²) >= 11 is 0. The molecule has 1 aliphatic rings. The summed E-state index contributed by atoms with van der Waals surface area (Å²) < 4.78 is 16.2. The number of hydrogen-bond acceptors (Lipinski definition) is 7. The van der Waals surface area contributed by atoms with E-state index in [2.05, 4.69) is 10.8 Å². The first kappa shape index (κ1) is 25.3. The van der Waals surface area contributed by atoms with Gasteiger partial charge in [0.2, 0.25) is 5.91 Å². The van der Waals surface area contributed by atoms with E-state index in [1.54, 1.807) is 0 Å². The molecule has 1 aliphatic carbocycles. The quantitative estimate of drug-likeness (QED) is 0.250. The highest BCUT2D eigenvalue weighted by atomic mass is 16.6. The minimum Gasteiger partial charge on any atom is -0.379 e. The summed E-state index contributed by atoms with van der Waals surface area (Å²) in [6.45, 7) is 4.82. The zero-order valence-electron chi connectivity index (χ0n) is 17.4. The van der Waals surface area contributed by atoms with Crippen LogP contribution in [0, 0.1) is 0 Å². The normalized spacial score (nSPS) is 15.9. The number of hydroxylamine groups is 1. The molecule has 8 heteroatoms. The number of ether oxygens (including phenoxy) is 3. The lowest BCUT2D eigenvalue weighted by atomic mass is 9.97. The number of carbonyl (C=O) groups is 1. The SMILES string of the molecule is NCCCOCCOCCOCCCNC(=O)CONC1CCCCCCC1. The molecule has 1 amide bonds. The van der Waals surface area contributed by atoms with Crippen molar-refractivity contribution in [2.45, 2.75) is 63.8 Å². The van der Waals surface area contributed by atoms with Gasteiger partial charge in [-0.3, -0.25) is 9.63 Å². The van der Waals surface area contributed by atoms with Gasteiger partial charge in [0.25, 0.3) is 0 Å². The molecule has 0 heterocycles. The highest BCUT2D eigenvalue weighted by molar-refractivity contribution is 5.77. The Morgan fingerprint density at radius 3 is 2.04 bits per heavy atom. The van der Waals surface area contributed by atoms with E-state index in [0.29, 0.717) is 58.8 Å². The van der Waals surface area contributed by atoms with E-state index >= 15 is 0 Å². The molecule has 0 atom stereocenters. The summed E-state index contributed by atoms with van der Waals surface area (Å²) in [6.07, 6.45) is 10.3. The third-order valence-electron chi connectivity index (χ3n) is 4.58. The third-order valence-corrected chi connectivity index (χ3v) is 4.58. The fourth-order valence-corrected chi connectivity index (χ4v) is 2.98. The molecule has 1 saturated carbocycles. The second-order valence-electron chi connectivity index (χ2n) is 7.13. The Bertz CT molecular complexity index is 353. The largest absolute Gasteiger partial charge is 0.379 e. The number of nitrogens with two attached hydrogens (primary N) is 1. The summed E-state index contributed by atoms with van der Waals surface area (Å²) in [5.41, 5.74) is 8.43. The standard InChI is InChI=1S/C20H41N3O5/c21-10-6-12-25-14-16-27-17-15-26-13-7-11-22-20(24)18-28-23-19-8-4-2-1-3-5-9-19/h19,23H,1-18,21H2,(H,22,24). The lowest BCUT2D eigenvalue weighted by molar-refractivity contribution is -0.129. The van der Waals surface area contributed by atoms with Crippen LogP contribution in [0.25, 0.3) is 0 Å². The Balaban J connectivity index is 1.80. The first-order valence-electron chi connectivity index (χ1n) is 10.9. The van der Waals surface area contributed by atoms with Crippen molar-refractivity contribution < 1.29 is 23.8 Å². The number of rotatable bonds is 17. The van der Waals surface area contributed by atoms with Crippen molar-refractivity contribution in [1.82, 2.24) is 10.8 Å². The molecule has 8 nitrogen and oxygen atoms in total. The Morgan fingerprint density at radius 2 is 1.39 bits per heavy atom. The van der Waals surface area contributed by atoms with Crippen molar-refractivity contribution in [2.24, 2.45) is 5.73 Å². The molecule has 166 valence electrons. The molecule has 0 radical (unpaired) electrons. The van der Waals surface area contributed by atoms with E-state index in [9.17, 15) is 4.79 Å². The van der Waals surface area contributed by atoms with Crippen LogP contribution in [0.3, 0.4) is 0 Å². The second kappa shape index (κ2) is 19.5. The average molecular weight is 404 g/mol. The van der Waals surface area contributed by atoms with Gasteiger partial charge in [-0.05, 0) is 32.2 Å². The van der Waals surface area contributed by atoms with Gasteiger partial charge in [-0.1, -0.05) is 32.1 Å². The highest BCUT2D eigenvalue weighted by Gasteiger charge is 2.11. The summed E-state index contributed by atoms with van der Waals surface area (Å²) in [7, 11) is 0. The fraction of sp³-hybridized carbons (Fsp3) is 0.950. The molecule has 4 N–H and O–H groups in total. The molecule has 0 aromatic heterocycles. The van der Waals surface area contributed by atoms with Crippen LogP contribution in [0.5, 0.6) is 0 Å². The minimum atomic E-state index is -0.101. The molecule has 0 spiro atoms. The Kier molecular flexibility index (Phi) is 17.6. The van der Waals surface area contributed by atoms with Crippen LogP contribution < -0.4 is 16.5 Å². The van der Waals surface area contributed by atoms with Gasteiger partial charge in [0.1, 0.15) is 6.61 Å². The highest BCUT2D eigenvalue weighted by Crippen LogP contribution is 2.16. The van der Waals surface area contributed by atoms with Gasteiger partial charge in [-0.15, -0.1) is 0 Å². The number of carbonyl (C=O) groups excluding carboxylic acids is 1. The van der Waals surface area contributed by atoms with Gasteiger partial charge in [0.15, 0.2) is 0 Å². The smallest absolute Gasteiger partial charge is 0.248 e. The van der Waals surface area contributed by atoms with E-state index < -0.39 is 0 Å². The van der Waals surface area contributed by atoms with Gasteiger partial charge >= 0.3 is 0 Å². The van der Waals surface area contributed by atoms with Crippen LogP contribution in [0.2, 0.25) is 0 Å². The number of nitrogens with one attached hydrogen (secondary N) is 2. The lowest BCUT2D eigenvalue weighted by Gasteiger charge is -2.20. The second-order valence-corrected chi connectivity index (χ2v) is 7.13. The lowest BCUT2D eigenvalue weighted by Crippen LogP contribution is -2.36. The van der Waals surface area contributed by atoms with E-state index in [1.165, 1.54) is 32.1 Å². The van der Waals surface area contributed by atoms with Crippen molar-refractivity contribution in [3.05, 3.63) is 0 Å².